The van der Waals surface area contributed by atoms with Gasteiger partial charge in [-0.2, -0.15) is 0 Å². The maximum absolute atomic E-state index is 5.63. The highest BCUT2D eigenvalue weighted by atomic mass is 16.6. The van der Waals surface area contributed by atoms with Crippen molar-refractivity contribution in [1.82, 2.24) is 4.90 Å². The molecule has 1 fully saturated rings. The lowest BCUT2D eigenvalue weighted by Gasteiger charge is -2.22. The third-order valence-corrected chi connectivity index (χ3v) is 3.58. The van der Waals surface area contributed by atoms with Crippen molar-refractivity contribution in [3.8, 4) is 0 Å². The first kappa shape index (κ1) is 22.7. The van der Waals surface area contributed by atoms with Crippen LogP contribution in [0.15, 0.2) is 0 Å². The van der Waals surface area contributed by atoms with Crippen LogP contribution >= 0.6 is 0 Å². The van der Waals surface area contributed by atoms with E-state index in [-0.39, 0.29) is 0 Å². The Bertz CT molecular complexity index is 253. The Morgan fingerprint density at radius 2 is 1.04 bits per heavy atom. The molecule has 25 heavy (non-hydrogen) atoms. The van der Waals surface area contributed by atoms with E-state index >= 15 is 0 Å². The zero-order valence-electron chi connectivity index (χ0n) is 15.6. The van der Waals surface area contributed by atoms with Gasteiger partial charge in [0.2, 0.25) is 0 Å². The summed E-state index contributed by atoms with van der Waals surface area (Å²) in [5, 5.41) is 0. The van der Waals surface area contributed by atoms with Crippen LogP contribution in [0.4, 0.5) is 0 Å². The maximum Gasteiger partial charge on any atom is 0.0701 e. The molecule has 0 amide bonds. The second-order valence-corrected chi connectivity index (χ2v) is 5.51. The molecule has 0 atom stereocenters. The quantitative estimate of drug-likeness (QED) is 0.612. The van der Waals surface area contributed by atoms with Gasteiger partial charge in [0.1, 0.15) is 0 Å². The predicted molar refractivity (Wildman–Crippen MR) is 93.2 cm³/mol. The summed E-state index contributed by atoms with van der Waals surface area (Å²) < 4.78 is 38.1. The third kappa shape index (κ3) is 15.6. The molecule has 0 N–H and O–H groups in total. The van der Waals surface area contributed by atoms with Gasteiger partial charge in [0.15, 0.2) is 0 Å². The summed E-state index contributed by atoms with van der Waals surface area (Å²) in [4.78, 5) is 2.28. The summed E-state index contributed by atoms with van der Waals surface area (Å²) in [5.41, 5.74) is 0. The smallest absolute Gasteiger partial charge is 0.0701 e. The van der Waals surface area contributed by atoms with E-state index in [1.54, 1.807) is 7.11 Å². The molecule has 8 heteroatoms. The third-order valence-electron chi connectivity index (χ3n) is 3.58. The number of rotatable bonds is 6. The van der Waals surface area contributed by atoms with E-state index in [4.69, 9.17) is 33.2 Å². The van der Waals surface area contributed by atoms with E-state index in [1.165, 1.54) is 0 Å². The fourth-order valence-corrected chi connectivity index (χ4v) is 2.14. The van der Waals surface area contributed by atoms with Crippen molar-refractivity contribution in [2.24, 2.45) is 0 Å². The van der Waals surface area contributed by atoms with Crippen LogP contribution in [0.2, 0.25) is 0 Å². The molecule has 0 aromatic rings. The minimum absolute atomic E-state index is 0.580. The highest BCUT2D eigenvalue weighted by Crippen LogP contribution is 1.93. The number of nitrogens with zero attached hydrogens (tertiary/aromatic N) is 1. The fourth-order valence-electron chi connectivity index (χ4n) is 2.14. The molecule has 0 spiro atoms. The summed E-state index contributed by atoms with van der Waals surface area (Å²) in [6.45, 7) is 10.5. The molecule has 8 nitrogen and oxygen atoms in total. The molecule has 1 saturated heterocycles. The molecule has 0 bridgehead atoms. The SMILES string of the molecule is COCCOCCN1CCOCCOCCOCCOCCOCC1. The van der Waals surface area contributed by atoms with Crippen LogP contribution in [0.5, 0.6) is 0 Å². The van der Waals surface area contributed by atoms with Gasteiger partial charge < -0.3 is 33.2 Å². The van der Waals surface area contributed by atoms with Gasteiger partial charge in [0.05, 0.1) is 85.9 Å². The standard InChI is InChI=1S/C17H35NO7/c1-19-8-9-20-5-2-18-3-6-21-10-12-23-14-16-25-17-15-24-13-11-22-7-4-18/h2-17H2,1H3. The summed E-state index contributed by atoms with van der Waals surface area (Å²) in [5.74, 6) is 0. The molecular weight excluding hydrogens is 330 g/mol. The van der Waals surface area contributed by atoms with Crippen molar-refractivity contribution in [2.45, 2.75) is 0 Å². The fraction of sp³-hybridized carbons (Fsp3) is 1.00. The van der Waals surface area contributed by atoms with E-state index in [0.717, 1.165) is 19.6 Å². The second-order valence-electron chi connectivity index (χ2n) is 5.51. The van der Waals surface area contributed by atoms with Crippen LogP contribution < -0.4 is 0 Å². The van der Waals surface area contributed by atoms with Crippen LogP contribution in [0, 0.1) is 0 Å². The molecule has 0 aliphatic carbocycles. The highest BCUT2D eigenvalue weighted by molar-refractivity contribution is 4.57. The Morgan fingerprint density at radius 3 is 1.48 bits per heavy atom. The van der Waals surface area contributed by atoms with Crippen molar-refractivity contribution < 1.29 is 33.2 Å². The average molecular weight is 365 g/mol. The van der Waals surface area contributed by atoms with Gasteiger partial charge in [0.25, 0.3) is 0 Å². The Hall–Kier alpha value is -0.320. The van der Waals surface area contributed by atoms with E-state index in [9.17, 15) is 0 Å². The minimum Gasteiger partial charge on any atom is -0.382 e. The van der Waals surface area contributed by atoms with E-state index in [2.05, 4.69) is 4.90 Å². The van der Waals surface area contributed by atoms with Gasteiger partial charge in [-0.1, -0.05) is 0 Å². The number of hydrogen-bond donors (Lipinski definition) is 0. The van der Waals surface area contributed by atoms with Crippen molar-refractivity contribution in [2.75, 3.05) is 113 Å². The molecule has 0 aromatic carbocycles. The number of hydrogen-bond acceptors (Lipinski definition) is 8. The van der Waals surface area contributed by atoms with Crippen LogP contribution in [-0.4, -0.2) is 118 Å². The summed E-state index contributed by atoms with van der Waals surface area (Å²) in [7, 11) is 1.67. The molecule has 1 aliphatic rings. The molecule has 150 valence electrons. The first-order chi connectivity index (χ1) is 12.4. The summed E-state index contributed by atoms with van der Waals surface area (Å²) in [6.07, 6.45) is 0. The van der Waals surface area contributed by atoms with Gasteiger partial charge in [-0.25, -0.2) is 0 Å². The molecule has 0 saturated carbocycles. The van der Waals surface area contributed by atoms with Crippen LogP contribution in [0.3, 0.4) is 0 Å². The van der Waals surface area contributed by atoms with E-state index in [1.807, 2.05) is 0 Å². The van der Waals surface area contributed by atoms with Gasteiger partial charge in [-0.3, -0.25) is 4.90 Å². The lowest BCUT2D eigenvalue weighted by Crippen LogP contribution is -2.34. The largest absolute Gasteiger partial charge is 0.382 e. The van der Waals surface area contributed by atoms with Gasteiger partial charge in [0, 0.05) is 26.7 Å². The highest BCUT2D eigenvalue weighted by Gasteiger charge is 2.05. The Balaban J connectivity index is 2.20. The molecule has 1 aliphatic heterocycles. The zero-order valence-corrected chi connectivity index (χ0v) is 15.6. The molecule has 0 aromatic heterocycles. The normalized spacial score (nSPS) is 21.5. The summed E-state index contributed by atoms with van der Waals surface area (Å²) >= 11 is 0. The van der Waals surface area contributed by atoms with E-state index < -0.39 is 0 Å². The zero-order chi connectivity index (χ0) is 17.8. The van der Waals surface area contributed by atoms with Crippen LogP contribution in [0.1, 0.15) is 0 Å². The second kappa shape index (κ2) is 18.5. The molecule has 0 radical (unpaired) electrons. The first-order valence-electron chi connectivity index (χ1n) is 9.11. The van der Waals surface area contributed by atoms with Crippen molar-refractivity contribution >= 4 is 0 Å². The van der Waals surface area contributed by atoms with Crippen molar-refractivity contribution in [3.63, 3.8) is 0 Å². The average Bonchev–Trinajstić information content (AvgIpc) is 2.62. The van der Waals surface area contributed by atoms with Gasteiger partial charge >= 0.3 is 0 Å². The Kier molecular flexibility index (Phi) is 16.8. The molecule has 1 rings (SSSR count). The minimum atomic E-state index is 0.580. The van der Waals surface area contributed by atoms with Crippen molar-refractivity contribution in [3.05, 3.63) is 0 Å². The van der Waals surface area contributed by atoms with Crippen LogP contribution in [-0.2, 0) is 33.2 Å². The van der Waals surface area contributed by atoms with Gasteiger partial charge in [-0.05, 0) is 0 Å². The topological polar surface area (TPSA) is 67.9 Å². The van der Waals surface area contributed by atoms with E-state index in [0.29, 0.717) is 85.9 Å². The summed E-state index contributed by atoms with van der Waals surface area (Å²) in [6, 6.07) is 0. The number of methoxy groups -OCH3 is 1. The molecular formula is C17H35NO7. The first-order valence-corrected chi connectivity index (χ1v) is 9.11. The van der Waals surface area contributed by atoms with Gasteiger partial charge in [-0.15, -0.1) is 0 Å². The molecule has 0 unspecified atom stereocenters. The number of ether oxygens (including phenoxy) is 7. The maximum atomic E-state index is 5.63. The lowest BCUT2D eigenvalue weighted by atomic mass is 10.4. The Morgan fingerprint density at radius 1 is 0.600 bits per heavy atom. The monoisotopic (exact) mass is 365 g/mol. The molecule has 1 heterocycles. The predicted octanol–water partition coefficient (Wildman–Crippen LogP) is 0.0480. The lowest BCUT2D eigenvalue weighted by molar-refractivity contribution is -0.0205. The van der Waals surface area contributed by atoms with Crippen molar-refractivity contribution in [1.29, 1.82) is 0 Å². The Labute approximate surface area is 151 Å². The van der Waals surface area contributed by atoms with Crippen LogP contribution in [0.25, 0.3) is 0 Å².